The zero-order chi connectivity index (χ0) is 30.0. The van der Waals surface area contributed by atoms with Gasteiger partial charge in [-0.05, 0) is 83.9 Å². The average molecular weight is 572 g/mol. The monoisotopic (exact) mass is 571 g/mol. The molecule has 6 aromatic rings. The van der Waals surface area contributed by atoms with Crippen LogP contribution < -0.4 is 14.9 Å². The summed E-state index contributed by atoms with van der Waals surface area (Å²) < 4.78 is 0. The third kappa shape index (κ3) is 6.92. The number of hydrogen-bond donors (Lipinski definition) is 0. The van der Waals surface area contributed by atoms with Crippen molar-refractivity contribution < 1.29 is 0 Å². The molecule has 0 aliphatic carbocycles. The van der Waals surface area contributed by atoms with Gasteiger partial charge in [0.2, 0.25) is 0 Å². The molecule has 214 valence electrons. The fourth-order valence-corrected chi connectivity index (χ4v) is 4.85. The molecule has 6 rings (SSSR count). The van der Waals surface area contributed by atoms with E-state index in [4.69, 9.17) is 5.10 Å². The first kappa shape index (κ1) is 28.2. The maximum Gasteiger partial charge on any atom is 0.0653 e. The Hall–Kier alpha value is -5.94. The van der Waals surface area contributed by atoms with E-state index < -0.39 is 0 Å². The van der Waals surface area contributed by atoms with Gasteiger partial charge in [0.15, 0.2) is 0 Å². The standard InChI is InChI=1S/C39H33N5/c1-42(34-14-6-2-7-15-34)40-30-32-24-28-39(29-25-32)44(38-20-12-5-13-21-38)41-31-33-22-26-37(27-23-33)43(35-16-8-3-9-17-35)36-18-10-4-11-19-36/h2-31H,1H3/b40-30+,41-31+. The highest BCUT2D eigenvalue weighted by atomic mass is 15.5. The lowest BCUT2D eigenvalue weighted by atomic mass is 10.1. The second kappa shape index (κ2) is 13.8. The van der Waals surface area contributed by atoms with E-state index in [1.165, 1.54) is 0 Å². The van der Waals surface area contributed by atoms with Gasteiger partial charge in [-0.1, -0.05) is 97.1 Å². The summed E-state index contributed by atoms with van der Waals surface area (Å²) in [6.45, 7) is 0. The minimum Gasteiger partial charge on any atom is -0.311 e. The summed E-state index contributed by atoms with van der Waals surface area (Å²) in [6.07, 6.45) is 3.76. The van der Waals surface area contributed by atoms with Crippen molar-refractivity contribution in [2.45, 2.75) is 0 Å². The molecule has 5 nitrogen and oxygen atoms in total. The fraction of sp³-hybridized carbons (Fsp3) is 0.0256. The van der Waals surface area contributed by atoms with E-state index >= 15 is 0 Å². The second-order valence-corrected chi connectivity index (χ2v) is 10.2. The SMILES string of the molecule is CN(/N=C/c1ccc(N(/N=C/c2ccc(N(c3ccccc3)c3ccccc3)cc2)c2ccccc2)cc1)c1ccccc1. The van der Waals surface area contributed by atoms with Crippen LogP contribution in [0.15, 0.2) is 180 Å². The van der Waals surface area contributed by atoms with Crippen LogP contribution in [0.25, 0.3) is 0 Å². The van der Waals surface area contributed by atoms with Crippen LogP contribution in [0.4, 0.5) is 34.1 Å². The lowest BCUT2D eigenvalue weighted by molar-refractivity contribution is 1.02. The first-order valence-corrected chi connectivity index (χ1v) is 14.6. The molecule has 0 aliphatic rings. The number of hydrogen-bond acceptors (Lipinski definition) is 5. The normalized spacial score (nSPS) is 11.1. The Labute approximate surface area is 259 Å². The smallest absolute Gasteiger partial charge is 0.0653 e. The lowest BCUT2D eigenvalue weighted by Crippen LogP contribution is -2.10. The zero-order valence-corrected chi connectivity index (χ0v) is 24.6. The summed E-state index contributed by atoms with van der Waals surface area (Å²) in [7, 11) is 1.94. The number of rotatable bonds is 10. The molecule has 0 unspecified atom stereocenters. The summed E-state index contributed by atoms with van der Waals surface area (Å²) in [5.41, 5.74) is 8.27. The van der Waals surface area contributed by atoms with Gasteiger partial charge < -0.3 is 4.90 Å². The van der Waals surface area contributed by atoms with E-state index in [1.54, 1.807) is 0 Å². The van der Waals surface area contributed by atoms with Gasteiger partial charge in [0.05, 0.1) is 29.5 Å². The van der Waals surface area contributed by atoms with E-state index in [0.29, 0.717) is 0 Å². The molecule has 0 saturated heterocycles. The van der Waals surface area contributed by atoms with E-state index in [9.17, 15) is 0 Å². The largest absolute Gasteiger partial charge is 0.311 e. The summed E-state index contributed by atoms with van der Waals surface area (Å²) >= 11 is 0. The van der Waals surface area contributed by atoms with Crippen LogP contribution in [0.3, 0.4) is 0 Å². The van der Waals surface area contributed by atoms with Crippen molar-refractivity contribution in [2.75, 3.05) is 22.0 Å². The molecule has 0 fully saturated rings. The highest BCUT2D eigenvalue weighted by molar-refractivity contribution is 5.85. The van der Waals surface area contributed by atoms with Gasteiger partial charge >= 0.3 is 0 Å². The number of benzene rings is 6. The van der Waals surface area contributed by atoms with Gasteiger partial charge in [0, 0.05) is 24.1 Å². The van der Waals surface area contributed by atoms with Crippen LogP contribution in [-0.2, 0) is 0 Å². The maximum atomic E-state index is 4.92. The maximum absolute atomic E-state index is 4.92. The average Bonchev–Trinajstić information content (AvgIpc) is 3.10. The Balaban J connectivity index is 1.23. The molecular weight excluding hydrogens is 538 g/mol. The fourth-order valence-electron chi connectivity index (χ4n) is 4.85. The predicted molar refractivity (Wildman–Crippen MR) is 186 cm³/mol. The van der Waals surface area contributed by atoms with Gasteiger partial charge in [-0.15, -0.1) is 0 Å². The lowest BCUT2D eigenvalue weighted by Gasteiger charge is -2.25. The highest BCUT2D eigenvalue weighted by Gasteiger charge is 2.12. The van der Waals surface area contributed by atoms with Crippen molar-refractivity contribution in [3.8, 4) is 0 Å². The van der Waals surface area contributed by atoms with Crippen molar-refractivity contribution in [3.63, 3.8) is 0 Å². The molecule has 5 heteroatoms. The minimum absolute atomic E-state index is 0.956. The molecule has 0 amide bonds. The van der Waals surface area contributed by atoms with Crippen molar-refractivity contribution in [3.05, 3.63) is 181 Å². The number of nitrogens with zero attached hydrogens (tertiary/aromatic N) is 5. The first-order chi connectivity index (χ1) is 21.7. The first-order valence-electron chi connectivity index (χ1n) is 14.6. The van der Waals surface area contributed by atoms with Gasteiger partial charge in [-0.2, -0.15) is 10.2 Å². The Morgan fingerprint density at radius 2 is 0.705 bits per heavy atom. The van der Waals surface area contributed by atoms with Crippen molar-refractivity contribution >= 4 is 46.6 Å². The van der Waals surface area contributed by atoms with Crippen LogP contribution in [-0.4, -0.2) is 19.5 Å². The van der Waals surface area contributed by atoms with Crippen LogP contribution >= 0.6 is 0 Å². The summed E-state index contributed by atoms with van der Waals surface area (Å²) in [5, 5.41) is 13.3. The molecule has 0 aromatic heterocycles. The van der Waals surface area contributed by atoms with Crippen LogP contribution in [0.1, 0.15) is 11.1 Å². The third-order valence-corrected chi connectivity index (χ3v) is 7.15. The second-order valence-electron chi connectivity index (χ2n) is 10.2. The predicted octanol–water partition coefficient (Wildman–Crippen LogP) is 9.80. The topological polar surface area (TPSA) is 34.4 Å². The van der Waals surface area contributed by atoms with Crippen molar-refractivity contribution in [1.82, 2.24) is 0 Å². The Bertz CT molecular complexity index is 1750. The molecule has 0 atom stereocenters. The van der Waals surface area contributed by atoms with E-state index in [1.807, 2.05) is 90.2 Å². The molecule has 0 heterocycles. The third-order valence-electron chi connectivity index (χ3n) is 7.15. The van der Waals surface area contributed by atoms with Crippen molar-refractivity contribution in [1.29, 1.82) is 0 Å². The van der Waals surface area contributed by atoms with Gasteiger partial charge in [0.1, 0.15) is 0 Å². The van der Waals surface area contributed by atoms with Gasteiger partial charge in [-0.25, -0.2) is 5.01 Å². The Morgan fingerprint density at radius 1 is 0.364 bits per heavy atom. The van der Waals surface area contributed by atoms with E-state index in [0.717, 1.165) is 45.3 Å². The van der Waals surface area contributed by atoms with E-state index in [2.05, 4.69) is 119 Å². The summed E-state index contributed by atoms with van der Waals surface area (Å²) in [4.78, 5) is 2.25. The van der Waals surface area contributed by atoms with Crippen LogP contribution in [0.5, 0.6) is 0 Å². The summed E-state index contributed by atoms with van der Waals surface area (Å²) in [6, 6.07) is 57.8. The molecule has 0 spiro atoms. The van der Waals surface area contributed by atoms with Gasteiger partial charge in [-0.3, -0.25) is 5.01 Å². The molecule has 0 N–H and O–H groups in total. The van der Waals surface area contributed by atoms with E-state index in [-0.39, 0.29) is 0 Å². The Morgan fingerprint density at radius 3 is 1.18 bits per heavy atom. The van der Waals surface area contributed by atoms with Crippen LogP contribution in [0.2, 0.25) is 0 Å². The molecular formula is C39H33N5. The van der Waals surface area contributed by atoms with Crippen LogP contribution in [0, 0.1) is 0 Å². The number of para-hydroxylation sites is 4. The molecule has 44 heavy (non-hydrogen) atoms. The molecule has 0 bridgehead atoms. The quantitative estimate of drug-likeness (QED) is 0.121. The number of hydrazone groups is 2. The molecule has 0 radical (unpaired) electrons. The minimum atomic E-state index is 0.956. The summed E-state index contributed by atoms with van der Waals surface area (Å²) in [5.74, 6) is 0. The van der Waals surface area contributed by atoms with Gasteiger partial charge in [0.25, 0.3) is 0 Å². The number of anilines is 6. The zero-order valence-electron chi connectivity index (χ0n) is 24.6. The highest BCUT2D eigenvalue weighted by Crippen LogP contribution is 2.34. The molecule has 6 aromatic carbocycles. The molecule has 0 saturated carbocycles. The molecule has 0 aliphatic heterocycles. The Kier molecular flexibility index (Phi) is 8.85. The van der Waals surface area contributed by atoms with Crippen molar-refractivity contribution in [2.24, 2.45) is 10.2 Å².